The lowest BCUT2D eigenvalue weighted by Crippen LogP contribution is -2.48. The third kappa shape index (κ3) is 5.65. The molecule has 2 aromatic heterocycles. The van der Waals surface area contributed by atoms with Crippen molar-refractivity contribution < 1.29 is 0 Å². The van der Waals surface area contributed by atoms with Crippen LogP contribution < -0.4 is 0 Å². The number of H-pyrrole nitrogens is 1. The molecule has 4 heterocycles. The lowest BCUT2D eigenvalue weighted by Gasteiger charge is -2.42. The van der Waals surface area contributed by atoms with Crippen molar-refractivity contribution in [3.05, 3.63) is 72.2 Å². The van der Waals surface area contributed by atoms with Gasteiger partial charge >= 0.3 is 0 Å². The largest absolute Gasteiger partial charge is 0.342 e. The fourth-order valence-corrected chi connectivity index (χ4v) is 6.29. The summed E-state index contributed by atoms with van der Waals surface area (Å²) < 4.78 is 2.22. The third-order valence-corrected chi connectivity index (χ3v) is 8.22. The molecule has 2 aromatic carbocycles. The molecule has 6 nitrogen and oxygen atoms in total. The minimum absolute atomic E-state index is 0.499. The standard InChI is InChI=1S/C31H40N6/c1-23(2)22-35-15-10-26(11-16-35)36-17-12-27(13-18-36)37-19-14-28(34-37)25-8-9-29-30(21-25)33-31(32-29)20-24-6-4-3-5-7-24/h3-9,14,19,21,23,26-27H,10-13,15-18,20,22H2,1-2H3,(H,32,33). The van der Waals surface area contributed by atoms with E-state index in [0.717, 1.165) is 46.5 Å². The van der Waals surface area contributed by atoms with Gasteiger partial charge in [0.1, 0.15) is 5.82 Å². The predicted octanol–water partition coefficient (Wildman–Crippen LogP) is 5.77. The molecule has 0 saturated carbocycles. The second-order valence-corrected chi connectivity index (χ2v) is 11.5. The first-order chi connectivity index (χ1) is 18.1. The summed E-state index contributed by atoms with van der Waals surface area (Å²) in [5.41, 5.74) is 5.54. The smallest absolute Gasteiger partial charge is 0.111 e. The van der Waals surface area contributed by atoms with E-state index < -0.39 is 0 Å². The zero-order valence-corrected chi connectivity index (χ0v) is 22.3. The summed E-state index contributed by atoms with van der Waals surface area (Å²) >= 11 is 0. The van der Waals surface area contributed by atoms with Crippen molar-refractivity contribution in [3.8, 4) is 11.3 Å². The first-order valence-corrected chi connectivity index (χ1v) is 14.2. The lowest BCUT2D eigenvalue weighted by atomic mass is 9.97. The van der Waals surface area contributed by atoms with Gasteiger partial charge in [-0.05, 0) is 68.5 Å². The SMILES string of the molecule is CC(C)CN1CCC(N2CCC(n3ccc(-c4ccc5nc(Cc6ccccc6)[nH]c5c4)n3)CC2)CC1. The Morgan fingerprint density at radius 2 is 1.65 bits per heavy atom. The summed E-state index contributed by atoms with van der Waals surface area (Å²) in [5, 5.41) is 5.02. The molecule has 37 heavy (non-hydrogen) atoms. The third-order valence-electron chi connectivity index (χ3n) is 8.22. The minimum atomic E-state index is 0.499. The van der Waals surface area contributed by atoms with Gasteiger partial charge in [0.2, 0.25) is 0 Å². The van der Waals surface area contributed by atoms with Crippen LogP contribution in [0.1, 0.15) is 57.0 Å². The molecular weight excluding hydrogens is 456 g/mol. The number of hydrogen-bond donors (Lipinski definition) is 1. The number of piperidine rings is 2. The Morgan fingerprint density at radius 1 is 0.892 bits per heavy atom. The van der Waals surface area contributed by atoms with E-state index in [-0.39, 0.29) is 0 Å². The van der Waals surface area contributed by atoms with Crippen LogP contribution in [0.4, 0.5) is 0 Å². The predicted molar refractivity (Wildman–Crippen MR) is 151 cm³/mol. The van der Waals surface area contributed by atoms with E-state index in [1.165, 1.54) is 64.0 Å². The highest BCUT2D eigenvalue weighted by molar-refractivity contribution is 5.81. The van der Waals surface area contributed by atoms with Crippen LogP contribution in [0.15, 0.2) is 60.8 Å². The first kappa shape index (κ1) is 24.4. The monoisotopic (exact) mass is 496 g/mol. The highest BCUT2D eigenvalue weighted by Crippen LogP contribution is 2.29. The van der Waals surface area contributed by atoms with E-state index in [1.807, 2.05) is 0 Å². The van der Waals surface area contributed by atoms with Crippen molar-refractivity contribution in [2.45, 2.75) is 58.0 Å². The molecule has 4 aromatic rings. The van der Waals surface area contributed by atoms with Crippen molar-refractivity contribution in [1.29, 1.82) is 0 Å². The van der Waals surface area contributed by atoms with Crippen molar-refractivity contribution in [2.75, 3.05) is 32.7 Å². The van der Waals surface area contributed by atoms with E-state index in [2.05, 4.69) is 94.1 Å². The highest BCUT2D eigenvalue weighted by Gasteiger charge is 2.29. The Morgan fingerprint density at radius 3 is 2.41 bits per heavy atom. The Labute approximate surface area is 220 Å². The molecule has 1 N–H and O–H groups in total. The molecule has 6 heteroatoms. The number of aromatic nitrogens is 4. The van der Waals surface area contributed by atoms with E-state index in [4.69, 9.17) is 10.1 Å². The summed E-state index contributed by atoms with van der Waals surface area (Å²) in [6, 6.07) is 20.4. The van der Waals surface area contributed by atoms with E-state index >= 15 is 0 Å². The molecule has 2 aliphatic rings. The molecule has 2 aliphatic heterocycles. The normalized spacial score (nSPS) is 18.8. The molecule has 2 saturated heterocycles. The van der Waals surface area contributed by atoms with Gasteiger partial charge < -0.3 is 14.8 Å². The van der Waals surface area contributed by atoms with Crippen molar-refractivity contribution in [3.63, 3.8) is 0 Å². The second kappa shape index (κ2) is 10.8. The summed E-state index contributed by atoms with van der Waals surface area (Å²) in [5.74, 6) is 1.77. The van der Waals surface area contributed by atoms with Crippen LogP contribution in [-0.2, 0) is 6.42 Å². The van der Waals surface area contributed by atoms with Crippen LogP contribution >= 0.6 is 0 Å². The Bertz CT molecular complexity index is 1290. The second-order valence-electron chi connectivity index (χ2n) is 11.5. The highest BCUT2D eigenvalue weighted by atomic mass is 15.3. The van der Waals surface area contributed by atoms with Crippen LogP contribution in [0.2, 0.25) is 0 Å². The van der Waals surface area contributed by atoms with Crippen molar-refractivity contribution >= 4 is 11.0 Å². The number of fused-ring (bicyclic) bond motifs is 1. The molecule has 0 amide bonds. The zero-order valence-electron chi connectivity index (χ0n) is 22.3. The first-order valence-electron chi connectivity index (χ1n) is 14.2. The van der Waals surface area contributed by atoms with Crippen LogP contribution in [0.5, 0.6) is 0 Å². The summed E-state index contributed by atoms with van der Waals surface area (Å²) in [4.78, 5) is 13.7. The van der Waals surface area contributed by atoms with Gasteiger partial charge in [-0.15, -0.1) is 0 Å². The van der Waals surface area contributed by atoms with Gasteiger partial charge in [0.25, 0.3) is 0 Å². The maximum absolute atomic E-state index is 5.02. The average Bonchev–Trinajstić information content (AvgIpc) is 3.56. The van der Waals surface area contributed by atoms with Gasteiger partial charge in [0.15, 0.2) is 0 Å². The molecule has 0 unspecified atom stereocenters. The molecule has 0 spiro atoms. The van der Waals surface area contributed by atoms with Gasteiger partial charge in [-0.2, -0.15) is 5.10 Å². The van der Waals surface area contributed by atoms with E-state index in [0.29, 0.717) is 6.04 Å². The molecule has 6 rings (SSSR count). The number of nitrogens with one attached hydrogen (secondary N) is 1. The minimum Gasteiger partial charge on any atom is -0.342 e. The number of nitrogens with zero attached hydrogens (tertiary/aromatic N) is 5. The number of hydrogen-bond acceptors (Lipinski definition) is 4. The Hall–Kier alpha value is -2.96. The number of benzene rings is 2. The van der Waals surface area contributed by atoms with Gasteiger partial charge in [-0.25, -0.2) is 4.98 Å². The fraction of sp³-hybridized carbons (Fsp3) is 0.484. The molecule has 0 aliphatic carbocycles. The van der Waals surface area contributed by atoms with Gasteiger partial charge in [0.05, 0.1) is 22.8 Å². The number of aromatic amines is 1. The lowest BCUT2D eigenvalue weighted by molar-refractivity contribution is 0.0737. The molecule has 2 fully saturated rings. The number of imidazole rings is 1. The van der Waals surface area contributed by atoms with Crippen molar-refractivity contribution in [1.82, 2.24) is 29.5 Å². The maximum Gasteiger partial charge on any atom is 0.111 e. The van der Waals surface area contributed by atoms with Gasteiger partial charge in [-0.1, -0.05) is 50.2 Å². The van der Waals surface area contributed by atoms with E-state index in [9.17, 15) is 0 Å². The van der Waals surface area contributed by atoms with Crippen LogP contribution in [0.3, 0.4) is 0 Å². The average molecular weight is 497 g/mol. The quantitative estimate of drug-likeness (QED) is 0.353. The Balaban J connectivity index is 1.06. The summed E-state index contributed by atoms with van der Waals surface area (Å²) in [7, 11) is 0. The molecule has 0 atom stereocenters. The van der Waals surface area contributed by atoms with Gasteiger partial charge in [0, 0.05) is 43.9 Å². The molecule has 194 valence electrons. The van der Waals surface area contributed by atoms with E-state index in [1.54, 1.807) is 0 Å². The Kier molecular flexibility index (Phi) is 7.12. The number of likely N-dealkylation sites (tertiary alicyclic amines) is 2. The zero-order chi connectivity index (χ0) is 25.2. The fourth-order valence-electron chi connectivity index (χ4n) is 6.29. The van der Waals surface area contributed by atoms with Crippen LogP contribution in [0.25, 0.3) is 22.3 Å². The molecule has 0 radical (unpaired) electrons. The number of rotatable bonds is 7. The van der Waals surface area contributed by atoms with Crippen LogP contribution in [-0.4, -0.2) is 68.3 Å². The summed E-state index contributed by atoms with van der Waals surface area (Å²) in [6.45, 7) is 10.8. The topological polar surface area (TPSA) is 53.0 Å². The maximum atomic E-state index is 5.02. The molecule has 0 bridgehead atoms. The summed E-state index contributed by atoms with van der Waals surface area (Å²) in [6.07, 6.45) is 8.03. The van der Waals surface area contributed by atoms with Gasteiger partial charge in [-0.3, -0.25) is 4.68 Å². The van der Waals surface area contributed by atoms with Crippen molar-refractivity contribution in [2.24, 2.45) is 5.92 Å². The van der Waals surface area contributed by atoms with Crippen LogP contribution in [0, 0.1) is 5.92 Å². The molecular formula is C31H40N6.